The van der Waals surface area contributed by atoms with Crippen LogP contribution in [-0.4, -0.2) is 10.9 Å². The summed E-state index contributed by atoms with van der Waals surface area (Å²) in [6.45, 7) is 0.481. The number of thiazole rings is 1. The van der Waals surface area contributed by atoms with Crippen LogP contribution in [0.5, 0.6) is 5.75 Å². The van der Waals surface area contributed by atoms with Crippen LogP contribution in [0.25, 0.3) is 0 Å². The molecular formula is C19H17N3O2S. The number of nitrogen functional groups attached to an aromatic ring is 1. The van der Waals surface area contributed by atoms with Crippen molar-refractivity contribution in [3.05, 3.63) is 70.6 Å². The maximum absolute atomic E-state index is 12.1. The molecule has 5 nitrogen and oxygen atoms in total. The Balaban J connectivity index is 1.66. The molecule has 0 spiro atoms. The van der Waals surface area contributed by atoms with Crippen molar-refractivity contribution in [2.24, 2.45) is 0 Å². The molecule has 0 fully saturated rings. The number of nitrogens with two attached hydrogens (primary N) is 1. The molecule has 2 heterocycles. The zero-order chi connectivity index (χ0) is 17.2. The first-order chi connectivity index (χ1) is 12.2. The van der Waals surface area contributed by atoms with Crippen molar-refractivity contribution >= 4 is 28.2 Å². The summed E-state index contributed by atoms with van der Waals surface area (Å²) in [4.78, 5) is 17.3. The zero-order valence-corrected chi connectivity index (χ0v) is 14.3. The number of nitrogens with one attached hydrogen (secondary N) is 1. The molecule has 0 saturated heterocycles. The van der Waals surface area contributed by atoms with Gasteiger partial charge in [0.15, 0.2) is 5.13 Å². The minimum Gasteiger partial charge on any atom is -0.489 e. The Morgan fingerprint density at radius 1 is 1.16 bits per heavy atom. The van der Waals surface area contributed by atoms with Crippen molar-refractivity contribution in [2.45, 2.75) is 18.9 Å². The predicted molar refractivity (Wildman–Crippen MR) is 98.8 cm³/mol. The van der Waals surface area contributed by atoms with E-state index < -0.39 is 0 Å². The molecule has 3 N–H and O–H groups in total. The number of fused-ring (bicyclic) bond motifs is 1. The smallest absolute Gasteiger partial charge is 0.226 e. The lowest BCUT2D eigenvalue weighted by Crippen LogP contribution is -2.23. The van der Waals surface area contributed by atoms with Crippen LogP contribution in [-0.2, 0) is 11.4 Å². The molecule has 0 bridgehead atoms. The van der Waals surface area contributed by atoms with E-state index in [1.54, 1.807) is 0 Å². The van der Waals surface area contributed by atoms with E-state index in [1.807, 2.05) is 54.6 Å². The number of rotatable bonds is 4. The van der Waals surface area contributed by atoms with Gasteiger partial charge in [-0.25, -0.2) is 4.98 Å². The van der Waals surface area contributed by atoms with Gasteiger partial charge in [-0.2, -0.15) is 0 Å². The molecule has 1 atom stereocenters. The average molecular weight is 351 g/mol. The van der Waals surface area contributed by atoms with Crippen molar-refractivity contribution in [2.75, 3.05) is 11.1 Å². The van der Waals surface area contributed by atoms with E-state index in [-0.39, 0.29) is 11.8 Å². The molecule has 0 unspecified atom stereocenters. The summed E-state index contributed by atoms with van der Waals surface area (Å²) in [6.07, 6.45) is 0.361. The van der Waals surface area contributed by atoms with E-state index in [9.17, 15) is 4.79 Å². The summed E-state index contributed by atoms with van der Waals surface area (Å²) < 4.78 is 6.05. The van der Waals surface area contributed by atoms with Crippen molar-refractivity contribution < 1.29 is 9.53 Å². The molecule has 1 aliphatic heterocycles. The van der Waals surface area contributed by atoms with E-state index in [2.05, 4.69) is 10.3 Å². The summed E-state index contributed by atoms with van der Waals surface area (Å²) >= 11 is 1.41. The van der Waals surface area contributed by atoms with Crippen molar-refractivity contribution in [3.63, 3.8) is 0 Å². The number of nitrogens with zero attached hydrogens (tertiary/aromatic N) is 1. The molecule has 6 heteroatoms. The van der Waals surface area contributed by atoms with Gasteiger partial charge in [-0.15, -0.1) is 0 Å². The topological polar surface area (TPSA) is 77.2 Å². The highest BCUT2D eigenvalue weighted by Gasteiger charge is 2.31. The van der Waals surface area contributed by atoms with Crippen LogP contribution < -0.4 is 15.8 Å². The number of carbonyl (C=O) groups is 1. The molecule has 0 saturated carbocycles. The van der Waals surface area contributed by atoms with Gasteiger partial charge in [-0.3, -0.25) is 4.79 Å². The van der Waals surface area contributed by atoms with Gasteiger partial charge in [-0.05, 0) is 11.6 Å². The molecule has 4 rings (SSSR count). The molecule has 1 aromatic heterocycles. The molecule has 1 amide bonds. The normalized spacial score (nSPS) is 16.2. The van der Waals surface area contributed by atoms with Gasteiger partial charge < -0.3 is 15.8 Å². The quantitative estimate of drug-likeness (QED) is 0.750. The fourth-order valence-electron chi connectivity index (χ4n) is 3.02. The molecule has 0 radical (unpaired) electrons. The standard InChI is InChI=1S/C19H17N3O2S/c20-19-22-18-17(25-19)14(10-16(23)21-18)13-8-4-5-9-15(13)24-11-12-6-2-1-3-7-12/h1-9,14H,10-11H2,(H2,20,22)(H,21,23)/t14-/m0/s1. The van der Waals surface area contributed by atoms with Gasteiger partial charge in [0.05, 0.1) is 4.88 Å². The second-order valence-electron chi connectivity index (χ2n) is 5.88. The van der Waals surface area contributed by atoms with Crippen molar-refractivity contribution in [1.82, 2.24) is 4.98 Å². The fourth-order valence-corrected chi connectivity index (χ4v) is 3.93. The average Bonchev–Trinajstić information content (AvgIpc) is 3.00. The maximum Gasteiger partial charge on any atom is 0.226 e. The molecular weight excluding hydrogens is 334 g/mol. The Bertz CT molecular complexity index is 908. The summed E-state index contributed by atoms with van der Waals surface area (Å²) in [5, 5.41) is 3.26. The van der Waals surface area contributed by atoms with Gasteiger partial charge in [-0.1, -0.05) is 59.9 Å². The Hall–Kier alpha value is -2.86. The summed E-state index contributed by atoms with van der Waals surface area (Å²) in [7, 11) is 0. The summed E-state index contributed by atoms with van der Waals surface area (Å²) in [5.74, 6) is 1.21. The number of amides is 1. The van der Waals surface area contributed by atoms with Crippen molar-refractivity contribution in [1.29, 1.82) is 0 Å². The van der Waals surface area contributed by atoms with E-state index in [0.717, 1.165) is 21.8 Å². The highest BCUT2D eigenvalue weighted by molar-refractivity contribution is 7.16. The Labute approximate surface area is 149 Å². The SMILES string of the molecule is Nc1nc2c(s1)[C@H](c1ccccc1OCc1ccccc1)CC(=O)N2. The lowest BCUT2D eigenvalue weighted by atomic mass is 9.91. The van der Waals surface area contributed by atoms with E-state index in [0.29, 0.717) is 24.0 Å². The first kappa shape index (κ1) is 15.7. The third-order valence-electron chi connectivity index (χ3n) is 4.17. The van der Waals surface area contributed by atoms with Crippen LogP contribution in [0.15, 0.2) is 54.6 Å². The minimum absolute atomic E-state index is 0.0549. The van der Waals surface area contributed by atoms with E-state index in [1.165, 1.54) is 11.3 Å². The second kappa shape index (κ2) is 6.57. The lowest BCUT2D eigenvalue weighted by molar-refractivity contribution is -0.116. The number of aromatic nitrogens is 1. The number of carbonyl (C=O) groups excluding carboxylic acids is 1. The van der Waals surface area contributed by atoms with Gasteiger partial charge in [0.2, 0.25) is 5.91 Å². The van der Waals surface area contributed by atoms with E-state index >= 15 is 0 Å². The van der Waals surface area contributed by atoms with E-state index in [4.69, 9.17) is 10.5 Å². The number of anilines is 2. The van der Waals surface area contributed by atoms with Crippen LogP contribution in [0.4, 0.5) is 10.9 Å². The molecule has 2 aromatic carbocycles. The highest BCUT2D eigenvalue weighted by atomic mass is 32.1. The first-order valence-corrected chi connectivity index (χ1v) is 8.84. The van der Waals surface area contributed by atoms with Gasteiger partial charge in [0, 0.05) is 17.9 Å². The maximum atomic E-state index is 12.1. The number of hydrogen-bond acceptors (Lipinski definition) is 5. The third-order valence-corrected chi connectivity index (χ3v) is 5.16. The second-order valence-corrected chi connectivity index (χ2v) is 6.94. The number of benzene rings is 2. The number of para-hydroxylation sites is 1. The third kappa shape index (κ3) is 3.21. The van der Waals surface area contributed by atoms with Crippen LogP contribution in [0.1, 0.15) is 28.3 Å². The van der Waals surface area contributed by atoms with Crippen LogP contribution in [0.3, 0.4) is 0 Å². The molecule has 126 valence electrons. The fraction of sp³-hybridized carbons (Fsp3) is 0.158. The number of ether oxygens (including phenoxy) is 1. The first-order valence-electron chi connectivity index (χ1n) is 8.02. The van der Waals surface area contributed by atoms with Crippen LogP contribution in [0, 0.1) is 0 Å². The zero-order valence-electron chi connectivity index (χ0n) is 13.4. The minimum atomic E-state index is -0.0921. The Morgan fingerprint density at radius 2 is 1.92 bits per heavy atom. The largest absolute Gasteiger partial charge is 0.489 e. The highest BCUT2D eigenvalue weighted by Crippen LogP contribution is 2.44. The van der Waals surface area contributed by atoms with Gasteiger partial charge >= 0.3 is 0 Å². The molecule has 25 heavy (non-hydrogen) atoms. The van der Waals surface area contributed by atoms with Gasteiger partial charge in [0.25, 0.3) is 0 Å². The lowest BCUT2D eigenvalue weighted by Gasteiger charge is -2.23. The van der Waals surface area contributed by atoms with Crippen LogP contribution in [0.2, 0.25) is 0 Å². The summed E-state index contributed by atoms with van der Waals surface area (Å²) in [6, 6.07) is 17.9. The molecule has 1 aliphatic rings. The number of hydrogen-bond donors (Lipinski definition) is 2. The molecule has 0 aliphatic carbocycles. The monoisotopic (exact) mass is 351 g/mol. The van der Waals surface area contributed by atoms with Crippen LogP contribution >= 0.6 is 11.3 Å². The Morgan fingerprint density at radius 3 is 2.76 bits per heavy atom. The Kier molecular flexibility index (Phi) is 4.11. The van der Waals surface area contributed by atoms with Crippen molar-refractivity contribution in [3.8, 4) is 5.75 Å². The summed E-state index contributed by atoms with van der Waals surface area (Å²) in [5.41, 5.74) is 7.92. The van der Waals surface area contributed by atoms with Gasteiger partial charge in [0.1, 0.15) is 18.2 Å². The predicted octanol–water partition coefficient (Wildman–Crippen LogP) is 3.78. The molecule has 3 aromatic rings.